The molecule has 0 nitrogen and oxygen atoms in total. The molecule has 106 valence electrons. The van der Waals surface area contributed by atoms with Gasteiger partial charge in [0, 0.05) is 11.4 Å². The smallest absolute Gasteiger partial charge is 0.129 e. The predicted molar refractivity (Wildman–Crippen MR) is 79.2 cm³/mol. The van der Waals surface area contributed by atoms with E-state index in [1.54, 1.807) is 0 Å². The minimum absolute atomic E-state index is 0.157. The van der Waals surface area contributed by atoms with Crippen LogP contribution in [0.3, 0.4) is 0 Å². The van der Waals surface area contributed by atoms with Crippen LogP contribution in [0.5, 0.6) is 0 Å². The third-order valence-corrected chi connectivity index (χ3v) is 3.66. The van der Waals surface area contributed by atoms with Crippen molar-refractivity contribution in [1.29, 1.82) is 0 Å². The lowest BCUT2D eigenvalue weighted by Crippen LogP contribution is -2.07. The summed E-state index contributed by atoms with van der Waals surface area (Å²) in [4.78, 5) is 0. The molecular weight excluding hydrogens is 278 g/mol. The molecule has 0 heterocycles. The van der Waals surface area contributed by atoms with Crippen molar-refractivity contribution in [2.75, 3.05) is 0 Å². The molecule has 0 aliphatic heterocycles. The number of benzene rings is 2. The highest BCUT2D eigenvalue weighted by molar-refractivity contribution is 6.20. The van der Waals surface area contributed by atoms with Crippen LogP contribution in [0.25, 0.3) is 0 Å². The quantitative estimate of drug-likeness (QED) is 0.677. The highest BCUT2D eigenvalue weighted by Gasteiger charge is 2.11. The van der Waals surface area contributed by atoms with Gasteiger partial charge in [-0.05, 0) is 43.4 Å². The van der Waals surface area contributed by atoms with Crippen LogP contribution >= 0.6 is 11.6 Å². The first-order chi connectivity index (χ1) is 9.54. The molecule has 2 aromatic rings. The standard InChI is InChI=1S/C17H17ClF2/c1-12-3-2-4-13(9-12)5-7-15(18)10-14-6-8-16(19)11-17(14)20/h2-4,6,8-9,11,15H,5,7,10H2,1H3. The summed E-state index contributed by atoms with van der Waals surface area (Å²) in [6.07, 6.45) is 2.04. The molecule has 1 unspecified atom stereocenters. The van der Waals surface area contributed by atoms with Gasteiger partial charge < -0.3 is 0 Å². The second kappa shape index (κ2) is 6.85. The van der Waals surface area contributed by atoms with Crippen LogP contribution in [0, 0.1) is 18.6 Å². The van der Waals surface area contributed by atoms with Crippen LogP contribution in [-0.4, -0.2) is 5.38 Å². The molecule has 0 spiro atoms. The van der Waals surface area contributed by atoms with Crippen LogP contribution in [0.15, 0.2) is 42.5 Å². The SMILES string of the molecule is Cc1cccc(CCC(Cl)Cc2ccc(F)cc2F)c1. The van der Waals surface area contributed by atoms with Gasteiger partial charge >= 0.3 is 0 Å². The normalized spacial score (nSPS) is 12.4. The van der Waals surface area contributed by atoms with E-state index in [0.29, 0.717) is 12.0 Å². The van der Waals surface area contributed by atoms with E-state index < -0.39 is 11.6 Å². The molecular formula is C17H17ClF2. The van der Waals surface area contributed by atoms with Crippen LogP contribution in [0.1, 0.15) is 23.1 Å². The minimum Gasteiger partial charge on any atom is -0.207 e. The molecule has 1 atom stereocenters. The molecule has 0 amide bonds. The van der Waals surface area contributed by atoms with Gasteiger partial charge in [-0.25, -0.2) is 8.78 Å². The zero-order valence-corrected chi connectivity index (χ0v) is 12.1. The summed E-state index contributed by atoms with van der Waals surface area (Å²) in [7, 11) is 0. The maximum atomic E-state index is 13.5. The largest absolute Gasteiger partial charge is 0.207 e. The number of hydrogen-bond acceptors (Lipinski definition) is 0. The van der Waals surface area contributed by atoms with E-state index in [9.17, 15) is 8.78 Å². The van der Waals surface area contributed by atoms with Crippen LogP contribution in [0.2, 0.25) is 0 Å². The third-order valence-electron chi connectivity index (χ3n) is 3.29. The van der Waals surface area contributed by atoms with Gasteiger partial charge in [-0.15, -0.1) is 11.6 Å². The predicted octanol–water partition coefficient (Wildman–Crippen LogP) is 5.06. The second-order valence-corrected chi connectivity index (χ2v) is 5.68. The summed E-state index contributed by atoms with van der Waals surface area (Å²) in [5.41, 5.74) is 2.92. The Morgan fingerprint density at radius 1 is 1.10 bits per heavy atom. The lowest BCUT2D eigenvalue weighted by Gasteiger charge is -2.10. The number of rotatable bonds is 5. The van der Waals surface area contributed by atoms with E-state index in [4.69, 9.17) is 11.6 Å². The highest BCUT2D eigenvalue weighted by atomic mass is 35.5. The van der Waals surface area contributed by atoms with Gasteiger partial charge in [-0.3, -0.25) is 0 Å². The number of alkyl halides is 1. The lowest BCUT2D eigenvalue weighted by atomic mass is 10.0. The van der Waals surface area contributed by atoms with Crippen molar-refractivity contribution in [3.63, 3.8) is 0 Å². The van der Waals surface area contributed by atoms with Gasteiger partial charge in [-0.2, -0.15) is 0 Å². The molecule has 0 N–H and O–H groups in total. The van der Waals surface area contributed by atoms with Crippen molar-refractivity contribution in [1.82, 2.24) is 0 Å². The van der Waals surface area contributed by atoms with Gasteiger partial charge in [0.1, 0.15) is 11.6 Å². The molecule has 0 aliphatic carbocycles. The van der Waals surface area contributed by atoms with Crippen molar-refractivity contribution in [3.05, 3.63) is 70.8 Å². The van der Waals surface area contributed by atoms with Crippen molar-refractivity contribution in [3.8, 4) is 0 Å². The first-order valence-corrected chi connectivity index (χ1v) is 7.12. The summed E-state index contributed by atoms with van der Waals surface area (Å²) in [5, 5.41) is -0.157. The number of hydrogen-bond donors (Lipinski definition) is 0. The Labute approximate surface area is 123 Å². The van der Waals surface area contributed by atoms with Crippen molar-refractivity contribution in [2.45, 2.75) is 31.6 Å². The van der Waals surface area contributed by atoms with E-state index in [-0.39, 0.29) is 5.38 Å². The Balaban J connectivity index is 1.90. The van der Waals surface area contributed by atoms with Gasteiger partial charge in [0.15, 0.2) is 0 Å². The molecule has 2 rings (SSSR count). The molecule has 0 saturated heterocycles. The molecule has 0 radical (unpaired) electrons. The van der Waals surface area contributed by atoms with Crippen LogP contribution in [-0.2, 0) is 12.8 Å². The molecule has 0 bridgehead atoms. The Morgan fingerprint density at radius 2 is 1.90 bits per heavy atom. The maximum Gasteiger partial charge on any atom is 0.129 e. The Morgan fingerprint density at radius 3 is 2.60 bits per heavy atom. The molecule has 20 heavy (non-hydrogen) atoms. The van der Waals surface area contributed by atoms with Gasteiger partial charge in [-0.1, -0.05) is 35.9 Å². The number of halogens is 3. The maximum absolute atomic E-state index is 13.5. The molecule has 0 aliphatic rings. The molecule has 3 heteroatoms. The fourth-order valence-corrected chi connectivity index (χ4v) is 2.49. The summed E-state index contributed by atoms with van der Waals surface area (Å²) < 4.78 is 26.3. The number of aryl methyl sites for hydroxylation is 2. The molecule has 0 saturated carbocycles. The monoisotopic (exact) mass is 294 g/mol. The Hall–Kier alpha value is -1.41. The minimum atomic E-state index is -0.558. The van der Waals surface area contributed by atoms with Gasteiger partial charge in [0.25, 0.3) is 0 Å². The first-order valence-electron chi connectivity index (χ1n) is 6.68. The molecule has 0 fully saturated rings. The Kier molecular flexibility index (Phi) is 5.13. The second-order valence-electron chi connectivity index (χ2n) is 5.06. The van der Waals surface area contributed by atoms with Crippen molar-refractivity contribution >= 4 is 11.6 Å². The van der Waals surface area contributed by atoms with E-state index in [0.717, 1.165) is 18.9 Å². The zero-order chi connectivity index (χ0) is 14.5. The van der Waals surface area contributed by atoms with Crippen LogP contribution in [0.4, 0.5) is 8.78 Å². The van der Waals surface area contributed by atoms with E-state index >= 15 is 0 Å². The Bertz CT molecular complexity index is 581. The van der Waals surface area contributed by atoms with E-state index in [1.165, 1.54) is 23.3 Å². The van der Waals surface area contributed by atoms with E-state index in [1.807, 2.05) is 6.07 Å². The highest BCUT2D eigenvalue weighted by Crippen LogP contribution is 2.18. The van der Waals surface area contributed by atoms with Crippen molar-refractivity contribution in [2.24, 2.45) is 0 Å². The third kappa shape index (κ3) is 4.31. The summed E-state index contributed by atoms with van der Waals surface area (Å²) >= 11 is 6.26. The summed E-state index contributed by atoms with van der Waals surface area (Å²) in [6.45, 7) is 2.05. The van der Waals surface area contributed by atoms with Gasteiger partial charge in [0.05, 0.1) is 0 Å². The summed E-state index contributed by atoms with van der Waals surface area (Å²) in [6, 6.07) is 11.9. The average molecular weight is 295 g/mol. The van der Waals surface area contributed by atoms with Crippen LogP contribution < -0.4 is 0 Å². The molecule has 2 aromatic carbocycles. The fourth-order valence-electron chi connectivity index (χ4n) is 2.22. The average Bonchev–Trinajstić information content (AvgIpc) is 2.40. The van der Waals surface area contributed by atoms with E-state index in [2.05, 4.69) is 25.1 Å². The fraction of sp³-hybridized carbons (Fsp3) is 0.294. The zero-order valence-electron chi connectivity index (χ0n) is 11.4. The summed E-state index contributed by atoms with van der Waals surface area (Å²) in [5.74, 6) is -1.08. The molecule has 0 aromatic heterocycles. The first kappa shape index (κ1) is 15.0. The van der Waals surface area contributed by atoms with Gasteiger partial charge in [0.2, 0.25) is 0 Å². The van der Waals surface area contributed by atoms with Crippen molar-refractivity contribution < 1.29 is 8.78 Å². The lowest BCUT2D eigenvalue weighted by molar-refractivity contribution is 0.568. The topological polar surface area (TPSA) is 0 Å².